The Morgan fingerprint density at radius 2 is 2.16 bits per heavy atom. The highest BCUT2D eigenvalue weighted by Gasteiger charge is 2.13. The second-order valence-corrected chi connectivity index (χ2v) is 6.78. The Kier molecular flexibility index (Phi) is 5.45. The predicted octanol–water partition coefficient (Wildman–Crippen LogP) is 4.23. The van der Waals surface area contributed by atoms with E-state index in [-0.39, 0.29) is 0 Å². The minimum absolute atomic E-state index is 0.803. The van der Waals surface area contributed by atoms with Crippen LogP contribution in [0.2, 0.25) is 4.34 Å². The van der Waals surface area contributed by atoms with Gasteiger partial charge >= 0.3 is 0 Å². The molecule has 1 N–H and O–H groups in total. The molecule has 0 atom stereocenters. The first-order valence-corrected chi connectivity index (χ1v) is 8.33. The van der Waals surface area contributed by atoms with E-state index in [2.05, 4.69) is 50.9 Å². The molecule has 2 aromatic heterocycles. The lowest BCUT2D eigenvalue weighted by atomic mass is 10.3. The summed E-state index contributed by atoms with van der Waals surface area (Å²) in [7, 11) is 0. The van der Waals surface area contributed by atoms with Gasteiger partial charge in [-0.2, -0.15) is 5.10 Å². The Labute approximate surface area is 131 Å². The minimum Gasteiger partial charge on any atom is -0.306 e. The molecule has 0 aliphatic rings. The van der Waals surface area contributed by atoms with E-state index >= 15 is 0 Å². The van der Waals surface area contributed by atoms with Gasteiger partial charge in [0.15, 0.2) is 0 Å². The quantitative estimate of drug-likeness (QED) is 0.833. The second-order valence-electron chi connectivity index (χ2n) is 4.19. The smallest absolute Gasteiger partial charge is 0.0931 e. The Hall–Kier alpha value is -0.360. The van der Waals surface area contributed by atoms with Crippen molar-refractivity contribution in [3.63, 3.8) is 0 Å². The van der Waals surface area contributed by atoms with Crippen LogP contribution in [-0.4, -0.2) is 9.78 Å². The molecule has 0 spiro atoms. The molecule has 2 aromatic rings. The molecular weight excluding hydrogens is 346 g/mol. The van der Waals surface area contributed by atoms with Gasteiger partial charge in [0, 0.05) is 24.5 Å². The highest BCUT2D eigenvalue weighted by Crippen LogP contribution is 2.23. The van der Waals surface area contributed by atoms with E-state index in [4.69, 9.17) is 11.6 Å². The van der Waals surface area contributed by atoms with Crippen molar-refractivity contribution in [1.82, 2.24) is 15.1 Å². The first-order valence-electron chi connectivity index (χ1n) is 6.34. The van der Waals surface area contributed by atoms with E-state index in [9.17, 15) is 0 Å². The summed E-state index contributed by atoms with van der Waals surface area (Å²) in [4.78, 5) is 1.25. The average Bonchev–Trinajstić information content (AvgIpc) is 2.94. The molecule has 19 heavy (non-hydrogen) atoms. The molecule has 6 heteroatoms. The standard InChI is InChI=1S/C13H17BrClN3S/c1-3-10-13(14)11(18(4-2)17-10)8-16-7-9-5-6-12(15)19-9/h5-6,16H,3-4,7-8H2,1-2H3. The van der Waals surface area contributed by atoms with Crippen molar-refractivity contribution >= 4 is 38.9 Å². The molecule has 0 aromatic carbocycles. The lowest BCUT2D eigenvalue weighted by Crippen LogP contribution is -2.16. The molecule has 0 saturated heterocycles. The van der Waals surface area contributed by atoms with Crippen LogP contribution in [-0.2, 0) is 26.1 Å². The van der Waals surface area contributed by atoms with Crippen molar-refractivity contribution < 1.29 is 0 Å². The van der Waals surface area contributed by atoms with Crippen LogP contribution in [0.15, 0.2) is 16.6 Å². The van der Waals surface area contributed by atoms with E-state index in [0.29, 0.717) is 0 Å². The van der Waals surface area contributed by atoms with E-state index in [1.54, 1.807) is 11.3 Å². The van der Waals surface area contributed by atoms with Crippen LogP contribution in [0.1, 0.15) is 30.1 Å². The lowest BCUT2D eigenvalue weighted by molar-refractivity contribution is 0.578. The number of thiophene rings is 1. The molecular formula is C13H17BrClN3S. The molecule has 0 aliphatic carbocycles. The van der Waals surface area contributed by atoms with E-state index < -0.39 is 0 Å². The van der Waals surface area contributed by atoms with Crippen LogP contribution in [0.5, 0.6) is 0 Å². The van der Waals surface area contributed by atoms with Crippen molar-refractivity contribution in [2.45, 2.75) is 39.9 Å². The van der Waals surface area contributed by atoms with Crippen LogP contribution in [0.3, 0.4) is 0 Å². The maximum atomic E-state index is 5.92. The molecule has 2 heterocycles. The van der Waals surface area contributed by atoms with Crippen LogP contribution in [0, 0.1) is 0 Å². The van der Waals surface area contributed by atoms with Gasteiger partial charge in [0.2, 0.25) is 0 Å². The number of aromatic nitrogens is 2. The lowest BCUT2D eigenvalue weighted by Gasteiger charge is -2.06. The molecule has 0 aliphatic heterocycles. The van der Waals surface area contributed by atoms with Gasteiger partial charge in [-0.15, -0.1) is 11.3 Å². The fraction of sp³-hybridized carbons (Fsp3) is 0.462. The fourth-order valence-corrected chi connectivity index (χ4v) is 3.70. The molecule has 3 nitrogen and oxygen atoms in total. The molecule has 104 valence electrons. The fourth-order valence-electron chi connectivity index (χ4n) is 1.94. The van der Waals surface area contributed by atoms with Crippen molar-refractivity contribution in [3.05, 3.63) is 37.2 Å². The Bertz CT molecular complexity index is 550. The first-order chi connectivity index (χ1) is 9.15. The Morgan fingerprint density at radius 1 is 1.37 bits per heavy atom. The molecule has 0 unspecified atom stereocenters. The topological polar surface area (TPSA) is 29.9 Å². The highest BCUT2D eigenvalue weighted by atomic mass is 79.9. The molecule has 0 saturated carbocycles. The van der Waals surface area contributed by atoms with Gasteiger partial charge in [0.25, 0.3) is 0 Å². The van der Waals surface area contributed by atoms with Gasteiger partial charge in [-0.3, -0.25) is 4.68 Å². The summed E-state index contributed by atoms with van der Waals surface area (Å²) in [5.41, 5.74) is 2.33. The number of rotatable bonds is 6. The molecule has 0 bridgehead atoms. The highest BCUT2D eigenvalue weighted by molar-refractivity contribution is 9.10. The van der Waals surface area contributed by atoms with Crippen LogP contribution >= 0.6 is 38.9 Å². The van der Waals surface area contributed by atoms with E-state index in [1.807, 2.05) is 6.07 Å². The maximum absolute atomic E-state index is 5.92. The average molecular weight is 363 g/mol. The number of nitrogens with zero attached hydrogens (tertiary/aromatic N) is 2. The van der Waals surface area contributed by atoms with Gasteiger partial charge in [0.1, 0.15) is 0 Å². The summed E-state index contributed by atoms with van der Waals surface area (Å²) >= 11 is 11.2. The van der Waals surface area contributed by atoms with Gasteiger partial charge in [0.05, 0.1) is 20.2 Å². The summed E-state index contributed by atoms with van der Waals surface area (Å²) < 4.78 is 4.02. The molecule has 0 fully saturated rings. The molecule has 2 rings (SSSR count). The summed E-state index contributed by atoms with van der Waals surface area (Å²) in [5.74, 6) is 0. The normalized spacial score (nSPS) is 11.2. The number of hydrogen-bond acceptors (Lipinski definition) is 3. The third kappa shape index (κ3) is 3.60. The van der Waals surface area contributed by atoms with Crippen molar-refractivity contribution in [1.29, 1.82) is 0 Å². The number of nitrogens with one attached hydrogen (secondary N) is 1. The molecule has 0 amide bonds. The van der Waals surface area contributed by atoms with Crippen LogP contribution in [0.4, 0.5) is 0 Å². The summed E-state index contributed by atoms with van der Waals surface area (Å²) in [6.45, 7) is 6.76. The third-order valence-corrected chi connectivity index (χ3v) is 5.06. The van der Waals surface area contributed by atoms with Crippen molar-refractivity contribution in [2.75, 3.05) is 0 Å². The van der Waals surface area contributed by atoms with E-state index in [0.717, 1.165) is 40.6 Å². The number of aryl methyl sites for hydroxylation is 2. The van der Waals surface area contributed by atoms with Gasteiger partial charge in [-0.05, 0) is 41.4 Å². The largest absolute Gasteiger partial charge is 0.306 e. The van der Waals surface area contributed by atoms with Crippen LogP contribution < -0.4 is 5.32 Å². The van der Waals surface area contributed by atoms with E-state index in [1.165, 1.54) is 10.6 Å². The summed E-state index contributed by atoms with van der Waals surface area (Å²) in [6.07, 6.45) is 0.946. The minimum atomic E-state index is 0.803. The van der Waals surface area contributed by atoms with Gasteiger partial charge in [-0.1, -0.05) is 18.5 Å². The second kappa shape index (κ2) is 6.88. The summed E-state index contributed by atoms with van der Waals surface area (Å²) in [6, 6.07) is 3.99. The monoisotopic (exact) mass is 361 g/mol. The Morgan fingerprint density at radius 3 is 2.74 bits per heavy atom. The zero-order valence-electron chi connectivity index (χ0n) is 11.0. The molecule has 0 radical (unpaired) electrons. The maximum Gasteiger partial charge on any atom is 0.0931 e. The number of hydrogen-bond donors (Lipinski definition) is 1. The van der Waals surface area contributed by atoms with Crippen molar-refractivity contribution in [3.8, 4) is 0 Å². The number of halogens is 2. The van der Waals surface area contributed by atoms with Crippen LogP contribution in [0.25, 0.3) is 0 Å². The zero-order chi connectivity index (χ0) is 13.8. The first kappa shape index (κ1) is 15.0. The Balaban J connectivity index is 2.00. The predicted molar refractivity (Wildman–Crippen MR) is 84.9 cm³/mol. The van der Waals surface area contributed by atoms with Crippen molar-refractivity contribution in [2.24, 2.45) is 0 Å². The summed E-state index contributed by atoms with van der Waals surface area (Å²) in [5, 5.41) is 8.03. The zero-order valence-corrected chi connectivity index (χ0v) is 14.2. The van der Waals surface area contributed by atoms with Gasteiger partial charge in [-0.25, -0.2) is 0 Å². The van der Waals surface area contributed by atoms with Gasteiger partial charge < -0.3 is 5.32 Å². The third-order valence-electron chi connectivity index (χ3n) is 2.91. The SMILES string of the molecule is CCc1nn(CC)c(CNCc2ccc(Cl)s2)c1Br.